The quantitative estimate of drug-likeness (QED) is 0.510. The summed E-state index contributed by atoms with van der Waals surface area (Å²) >= 11 is 2.16. The smallest absolute Gasteiger partial charge is 0.292 e. The second-order valence-electron chi connectivity index (χ2n) is 3.74. The number of nitriles is 1. The summed E-state index contributed by atoms with van der Waals surface area (Å²) < 4.78 is 1.02. The number of nitro benzene ring substituents is 1. The normalized spacial score (nSPS) is 9.68. The van der Waals surface area contributed by atoms with Crippen molar-refractivity contribution < 1.29 is 4.92 Å². The fourth-order valence-electron chi connectivity index (χ4n) is 1.59. The van der Waals surface area contributed by atoms with Gasteiger partial charge in [-0.3, -0.25) is 10.1 Å². The Hall–Kier alpha value is -2.14. The Kier molecular flexibility index (Phi) is 3.97. The van der Waals surface area contributed by atoms with Crippen LogP contribution in [0.5, 0.6) is 0 Å². The van der Waals surface area contributed by atoms with Crippen molar-refractivity contribution in [2.45, 2.75) is 0 Å². The molecule has 0 amide bonds. The maximum atomic E-state index is 11.0. The molecule has 0 aliphatic heterocycles. The number of nitrogens with one attached hydrogen (secondary N) is 1. The highest BCUT2D eigenvalue weighted by Gasteiger charge is 2.14. The Morgan fingerprint density at radius 3 is 2.68 bits per heavy atom. The number of halogens is 1. The number of nitrogens with zero attached hydrogens (tertiary/aromatic N) is 2. The van der Waals surface area contributed by atoms with Gasteiger partial charge >= 0.3 is 0 Å². The minimum absolute atomic E-state index is 0.0575. The first-order chi connectivity index (χ1) is 9.10. The molecular formula is C13H8IN3O2. The molecule has 19 heavy (non-hydrogen) atoms. The zero-order valence-corrected chi connectivity index (χ0v) is 11.8. The zero-order chi connectivity index (χ0) is 13.8. The third-order valence-electron chi connectivity index (χ3n) is 2.43. The van der Waals surface area contributed by atoms with Crippen LogP contribution in [0.3, 0.4) is 0 Å². The second-order valence-corrected chi connectivity index (χ2v) is 4.98. The van der Waals surface area contributed by atoms with Crippen LogP contribution in [-0.2, 0) is 0 Å². The highest BCUT2D eigenvalue weighted by atomic mass is 127. The monoisotopic (exact) mass is 365 g/mol. The molecule has 5 nitrogen and oxygen atoms in total. The SMILES string of the molecule is N#Cc1ccc([N+](=O)[O-])c(Nc2cccc(I)c2)c1. The van der Waals surface area contributed by atoms with E-state index in [9.17, 15) is 10.1 Å². The molecule has 0 spiro atoms. The predicted octanol–water partition coefficient (Wildman–Crippen LogP) is 3.81. The van der Waals surface area contributed by atoms with Gasteiger partial charge in [0.25, 0.3) is 5.69 Å². The van der Waals surface area contributed by atoms with Crippen LogP contribution >= 0.6 is 22.6 Å². The van der Waals surface area contributed by atoms with Crippen molar-refractivity contribution in [3.8, 4) is 6.07 Å². The number of benzene rings is 2. The Balaban J connectivity index is 2.43. The summed E-state index contributed by atoms with van der Waals surface area (Å²) in [6, 6.07) is 13.6. The molecule has 0 saturated heterocycles. The molecule has 0 saturated carbocycles. The molecule has 2 aromatic carbocycles. The van der Waals surface area contributed by atoms with Crippen molar-refractivity contribution in [3.05, 3.63) is 61.7 Å². The van der Waals surface area contributed by atoms with Gasteiger partial charge in [-0.1, -0.05) is 6.07 Å². The minimum Gasteiger partial charge on any atom is -0.350 e. The molecule has 0 unspecified atom stereocenters. The van der Waals surface area contributed by atoms with Crippen LogP contribution in [0.4, 0.5) is 17.1 Å². The van der Waals surface area contributed by atoms with Gasteiger partial charge in [0.2, 0.25) is 0 Å². The Labute approximate surface area is 123 Å². The average Bonchev–Trinajstić information content (AvgIpc) is 2.38. The Bertz CT molecular complexity index is 680. The molecule has 0 aromatic heterocycles. The lowest BCUT2D eigenvalue weighted by Gasteiger charge is -2.07. The molecule has 0 radical (unpaired) electrons. The topological polar surface area (TPSA) is 79.0 Å². The predicted molar refractivity (Wildman–Crippen MR) is 80.3 cm³/mol. The van der Waals surface area contributed by atoms with Crippen LogP contribution in [0.1, 0.15) is 5.56 Å². The molecule has 0 bridgehead atoms. The second kappa shape index (κ2) is 5.67. The first-order valence-electron chi connectivity index (χ1n) is 5.31. The summed E-state index contributed by atoms with van der Waals surface area (Å²) in [5.41, 5.74) is 1.37. The summed E-state index contributed by atoms with van der Waals surface area (Å²) in [6.07, 6.45) is 0. The van der Waals surface area contributed by atoms with Crippen LogP contribution in [-0.4, -0.2) is 4.92 Å². The standard InChI is InChI=1S/C13H8IN3O2/c14-10-2-1-3-11(7-10)16-12-6-9(8-15)4-5-13(12)17(18)19/h1-7,16H. The number of nitro groups is 1. The Morgan fingerprint density at radius 2 is 2.05 bits per heavy atom. The van der Waals surface area contributed by atoms with E-state index < -0.39 is 4.92 Å². The molecule has 2 aromatic rings. The number of hydrogen-bond donors (Lipinski definition) is 1. The van der Waals surface area contributed by atoms with Crippen molar-refractivity contribution in [1.29, 1.82) is 5.26 Å². The van der Waals surface area contributed by atoms with Gasteiger partial charge in [-0.15, -0.1) is 0 Å². The van der Waals surface area contributed by atoms with E-state index in [4.69, 9.17) is 5.26 Å². The van der Waals surface area contributed by atoms with Gasteiger partial charge in [0.15, 0.2) is 0 Å². The van der Waals surface area contributed by atoms with Gasteiger partial charge in [-0.2, -0.15) is 5.26 Å². The third-order valence-corrected chi connectivity index (χ3v) is 3.10. The van der Waals surface area contributed by atoms with E-state index in [1.54, 1.807) is 0 Å². The summed E-state index contributed by atoms with van der Waals surface area (Å²) in [6.45, 7) is 0. The number of hydrogen-bond acceptors (Lipinski definition) is 4. The van der Waals surface area contributed by atoms with Crippen molar-refractivity contribution in [2.24, 2.45) is 0 Å². The van der Waals surface area contributed by atoms with Crippen molar-refractivity contribution in [2.75, 3.05) is 5.32 Å². The van der Waals surface area contributed by atoms with E-state index in [-0.39, 0.29) is 5.69 Å². The van der Waals surface area contributed by atoms with E-state index in [0.29, 0.717) is 11.3 Å². The average molecular weight is 365 g/mol. The number of anilines is 2. The van der Waals surface area contributed by atoms with Gasteiger partial charge < -0.3 is 5.32 Å². The summed E-state index contributed by atoms with van der Waals surface area (Å²) in [7, 11) is 0. The van der Waals surface area contributed by atoms with E-state index >= 15 is 0 Å². The van der Waals surface area contributed by atoms with Crippen molar-refractivity contribution in [1.82, 2.24) is 0 Å². The lowest BCUT2D eigenvalue weighted by Crippen LogP contribution is -1.97. The summed E-state index contributed by atoms with van der Waals surface area (Å²) in [5, 5.41) is 22.8. The molecule has 0 aliphatic carbocycles. The first kappa shape index (κ1) is 13.3. The largest absolute Gasteiger partial charge is 0.350 e. The third kappa shape index (κ3) is 3.20. The fourth-order valence-corrected chi connectivity index (χ4v) is 2.13. The van der Waals surface area contributed by atoms with Crippen molar-refractivity contribution >= 4 is 39.7 Å². The molecule has 1 N–H and O–H groups in total. The van der Waals surface area contributed by atoms with E-state index in [2.05, 4.69) is 27.9 Å². The molecular weight excluding hydrogens is 357 g/mol. The summed E-state index contributed by atoms with van der Waals surface area (Å²) in [5.74, 6) is 0. The fraction of sp³-hybridized carbons (Fsp3) is 0. The van der Waals surface area contributed by atoms with E-state index in [1.165, 1.54) is 18.2 Å². The highest BCUT2D eigenvalue weighted by Crippen LogP contribution is 2.28. The maximum absolute atomic E-state index is 11.0. The minimum atomic E-state index is -0.475. The van der Waals surface area contributed by atoms with Crippen LogP contribution in [0.2, 0.25) is 0 Å². The maximum Gasteiger partial charge on any atom is 0.292 e. The van der Waals surface area contributed by atoms with Crippen LogP contribution in [0, 0.1) is 25.0 Å². The molecule has 0 atom stereocenters. The molecule has 0 fully saturated rings. The van der Waals surface area contributed by atoms with Crippen molar-refractivity contribution in [3.63, 3.8) is 0 Å². The van der Waals surface area contributed by atoms with Gasteiger partial charge in [-0.25, -0.2) is 0 Å². The molecule has 0 aliphatic rings. The van der Waals surface area contributed by atoms with Gasteiger partial charge in [0, 0.05) is 15.3 Å². The van der Waals surface area contributed by atoms with Crippen LogP contribution < -0.4 is 5.32 Å². The van der Waals surface area contributed by atoms with E-state index in [0.717, 1.165) is 9.26 Å². The highest BCUT2D eigenvalue weighted by molar-refractivity contribution is 14.1. The zero-order valence-electron chi connectivity index (χ0n) is 9.63. The van der Waals surface area contributed by atoms with Gasteiger partial charge in [0.1, 0.15) is 5.69 Å². The van der Waals surface area contributed by atoms with Gasteiger partial charge in [0.05, 0.1) is 16.6 Å². The van der Waals surface area contributed by atoms with Gasteiger partial charge in [-0.05, 0) is 52.9 Å². The molecule has 6 heteroatoms. The van der Waals surface area contributed by atoms with Crippen LogP contribution in [0.15, 0.2) is 42.5 Å². The molecule has 94 valence electrons. The Morgan fingerprint density at radius 1 is 1.26 bits per heavy atom. The molecule has 0 heterocycles. The number of rotatable bonds is 3. The van der Waals surface area contributed by atoms with Crippen LogP contribution in [0.25, 0.3) is 0 Å². The lowest BCUT2D eigenvalue weighted by molar-refractivity contribution is -0.383. The first-order valence-corrected chi connectivity index (χ1v) is 6.39. The summed E-state index contributed by atoms with van der Waals surface area (Å²) in [4.78, 5) is 10.5. The lowest BCUT2D eigenvalue weighted by atomic mass is 10.2. The van der Waals surface area contributed by atoms with E-state index in [1.807, 2.05) is 30.3 Å². The molecule has 2 rings (SSSR count).